The Bertz CT molecular complexity index is 769. The summed E-state index contributed by atoms with van der Waals surface area (Å²) in [6.07, 6.45) is -4.82. The molecule has 1 saturated heterocycles. The van der Waals surface area contributed by atoms with E-state index in [4.69, 9.17) is 17.0 Å². The lowest BCUT2D eigenvalue weighted by atomic mass is 10.1. The molecule has 1 N–H and O–H groups in total. The molecule has 0 aliphatic carbocycles. The fraction of sp³-hybridized carbons (Fsp3) is 0.316. The molecule has 8 heteroatoms. The van der Waals surface area contributed by atoms with Crippen LogP contribution in [0.5, 0.6) is 5.75 Å². The second-order valence-electron chi connectivity index (χ2n) is 6.25. The van der Waals surface area contributed by atoms with Crippen LogP contribution in [0.4, 0.5) is 18.9 Å². The topological polar surface area (TPSA) is 33.7 Å². The van der Waals surface area contributed by atoms with Crippen molar-refractivity contribution in [3.05, 3.63) is 60.2 Å². The van der Waals surface area contributed by atoms with Crippen molar-refractivity contribution in [1.82, 2.24) is 4.90 Å². The van der Waals surface area contributed by atoms with Gasteiger partial charge in [-0.2, -0.15) is 0 Å². The van der Waals surface area contributed by atoms with E-state index in [1.54, 1.807) is 0 Å². The number of morpholine rings is 1. The van der Waals surface area contributed by atoms with Gasteiger partial charge in [-0.25, -0.2) is 0 Å². The van der Waals surface area contributed by atoms with Crippen LogP contribution in [0.15, 0.2) is 54.6 Å². The van der Waals surface area contributed by atoms with Crippen LogP contribution in [0.1, 0.15) is 18.6 Å². The van der Waals surface area contributed by atoms with Gasteiger partial charge >= 0.3 is 6.36 Å². The zero-order valence-corrected chi connectivity index (χ0v) is 15.4. The van der Waals surface area contributed by atoms with E-state index in [-0.39, 0.29) is 18.0 Å². The molecule has 0 unspecified atom stereocenters. The summed E-state index contributed by atoms with van der Waals surface area (Å²) < 4.78 is 46.6. The summed E-state index contributed by atoms with van der Waals surface area (Å²) in [6, 6.07) is 15.4. The molecule has 0 aromatic heterocycles. The monoisotopic (exact) mass is 396 g/mol. The summed E-state index contributed by atoms with van der Waals surface area (Å²) in [6.45, 7) is 3.20. The maximum Gasteiger partial charge on any atom is 0.573 e. The summed E-state index contributed by atoms with van der Waals surface area (Å²) in [5, 5.41) is 3.56. The van der Waals surface area contributed by atoms with E-state index in [1.165, 1.54) is 24.3 Å². The van der Waals surface area contributed by atoms with E-state index in [0.717, 1.165) is 5.56 Å². The molecule has 27 heavy (non-hydrogen) atoms. The standard InChI is InChI=1S/C19H19F3N2O2S/c1-13-11-24(12-17(25-13)14-5-3-2-4-6-14)18(27)23-15-7-9-16(10-8-15)26-19(20,21)22/h2-10,13,17H,11-12H2,1H3,(H,23,27)/t13-,17+/m1/s1. The first-order valence-electron chi connectivity index (χ1n) is 8.42. The average Bonchev–Trinajstić information content (AvgIpc) is 2.62. The summed E-state index contributed by atoms with van der Waals surface area (Å²) in [4.78, 5) is 2.00. The van der Waals surface area contributed by atoms with Crippen molar-refractivity contribution < 1.29 is 22.6 Å². The van der Waals surface area contributed by atoms with Crippen molar-refractivity contribution in [1.29, 1.82) is 0 Å². The highest BCUT2D eigenvalue weighted by atomic mass is 32.1. The minimum atomic E-state index is -4.71. The molecule has 2 atom stereocenters. The quantitative estimate of drug-likeness (QED) is 0.758. The largest absolute Gasteiger partial charge is 0.573 e. The lowest BCUT2D eigenvalue weighted by Crippen LogP contribution is -2.47. The van der Waals surface area contributed by atoms with Crippen molar-refractivity contribution in [2.75, 3.05) is 18.4 Å². The summed E-state index contributed by atoms with van der Waals surface area (Å²) >= 11 is 5.48. The Hall–Kier alpha value is -2.32. The normalized spacial score (nSPS) is 20.2. The Labute approximate surface area is 160 Å². The van der Waals surface area contributed by atoms with Crippen LogP contribution in [0.3, 0.4) is 0 Å². The molecule has 4 nitrogen and oxygen atoms in total. The zero-order valence-electron chi connectivity index (χ0n) is 14.6. The predicted molar refractivity (Wildman–Crippen MR) is 101 cm³/mol. The number of thiocarbonyl (C=S) groups is 1. The van der Waals surface area contributed by atoms with Crippen molar-refractivity contribution in [3.63, 3.8) is 0 Å². The van der Waals surface area contributed by atoms with E-state index in [0.29, 0.717) is 23.9 Å². The number of anilines is 1. The molecule has 1 heterocycles. The molecule has 2 aromatic rings. The molecule has 2 aromatic carbocycles. The first-order valence-corrected chi connectivity index (χ1v) is 8.83. The van der Waals surface area contributed by atoms with Crippen LogP contribution in [0.2, 0.25) is 0 Å². The number of rotatable bonds is 3. The highest BCUT2D eigenvalue weighted by Gasteiger charge is 2.31. The minimum Gasteiger partial charge on any atom is -0.406 e. The van der Waals surface area contributed by atoms with Crippen LogP contribution in [0, 0.1) is 0 Å². The maximum atomic E-state index is 12.2. The molecule has 0 saturated carbocycles. The smallest absolute Gasteiger partial charge is 0.406 e. The van der Waals surface area contributed by atoms with Gasteiger partial charge in [-0.15, -0.1) is 13.2 Å². The number of halogens is 3. The predicted octanol–water partition coefficient (Wildman–Crippen LogP) is 4.74. The Morgan fingerprint density at radius 2 is 1.78 bits per heavy atom. The number of nitrogens with one attached hydrogen (secondary N) is 1. The van der Waals surface area contributed by atoms with Gasteiger partial charge in [0.2, 0.25) is 0 Å². The molecule has 0 amide bonds. The second-order valence-corrected chi connectivity index (χ2v) is 6.64. The molecule has 0 radical (unpaired) electrons. The van der Waals surface area contributed by atoms with Crippen molar-refractivity contribution in [3.8, 4) is 5.75 Å². The van der Waals surface area contributed by atoms with Gasteiger partial charge in [0.1, 0.15) is 11.9 Å². The molecule has 3 rings (SSSR count). The number of ether oxygens (including phenoxy) is 2. The van der Waals surface area contributed by atoms with Crippen molar-refractivity contribution in [2.24, 2.45) is 0 Å². The van der Waals surface area contributed by atoms with E-state index < -0.39 is 6.36 Å². The van der Waals surface area contributed by atoms with Gasteiger partial charge in [0.25, 0.3) is 0 Å². The van der Waals surface area contributed by atoms with Crippen LogP contribution in [-0.4, -0.2) is 35.6 Å². The van der Waals surface area contributed by atoms with Gasteiger partial charge in [-0.1, -0.05) is 30.3 Å². The van der Waals surface area contributed by atoms with Crippen molar-refractivity contribution >= 4 is 23.0 Å². The van der Waals surface area contributed by atoms with Crippen LogP contribution < -0.4 is 10.1 Å². The van der Waals surface area contributed by atoms with Crippen LogP contribution in [0.25, 0.3) is 0 Å². The fourth-order valence-corrected chi connectivity index (χ4v) is 3.18. The van der Waals surface area contributed by atoms with Gasteiger partial charge in [0.15, 0.2) is 5.11 Å². The number of hydrogen-bond acceptors (Lipinski definition) is 3. The van der Waals surface area contributed by atoms with Crippen LogP contribution >= 0.6 is 12.2 Å². The third-order valence-corrected chi connectivity index (χ3v) is 4.42. The summed E-state index contributed by atoms with van der Waals surface area (Å²) in [5.41, 5.74) is 1.66. The Morgan fingerprint density at radius 1 is 1.11 bits per heavy atom. The number of hydrogen-bond donors (Lipinski definition) is 1. The molecule has 0 spiro atoms. The first-order chi connectivity index (χ1) is 12.8. The van der Waals surface area contributed by atoms with Crippen molar-refractivity contribution in [2.45, 2.75) is 25.5 Å². The van der Waals surface area contributed by atoms with E-state index in [2.05, 4.69) is 10.1 Å². The van der Waals surface area contributed by atoms with Gasteiger partial charge in [-0.05, 0) is 49.0 Å². The molecule has 1 aliphatic rings. The lowest BCUT2D eigenvalue weighted by molar-refractivity contribution is -0.274. The third-order valence-electron chi connectivity index (χ3n) is 4.06. The summed E-state index contributed by atoms with van der Waals surface area (Å²) in [7, 11) is 0. The second kappa shape index (κ2) is 8.14. The van der Waals surface area contributed by atoms with Gasteiger partial charge in [-0.3, -0.25) is 0 Å². The maximum absolute atomic E-state index is 12.2. The third kappa shape index (κ3) is 5.58. The van der Waals surface area contributed by atoms with Gasteiger partial charge < -0.3 is 19.7 Å². The Balaban J connectivity index is 1.63. The number of alkyl halides is 3. The molecule has 144 valence electrons. The molecule has 1 aliphatic heterocycles. The zero-order chi connectivity index (χ0) is 19.4. The molecule has 1 fully saturated rings. The SMILES string of the molecule is C[C@@H]1CN(C(=S)Nc2ccc(OC(F)(F)F)cc2)C[C@@H](c2ccccc2)O1. The summed E-state index contributed by atoms with van der Waals surface area (Å²) in [5.74, 6) is -0.275. The van der Waals surface area contributed by atoms with E-state index in [1.807, 2.05) is 42.2 Å². The van der Waals surface area contributed by atoms with Crippen LogP contribution in [-0.2, 0) is 4.74 Å². The molecular weight excluding hydrogens is 377 g/mol. The van der Waals surface area contributed by atoms with E-state index >= 15 is 0 Å². The van der Waals surface area contributed by atoms with Gasteiger partial charge in [0, 0.05) is 12.2 Å². The van der Waals surface area contributed by atoms with E-state index in [9.17, 15) is 13.2 Å². The first kappa shape index (κ1) is 19.4. The molecular formula is C19H19F3N2O2S. The highest BCUT2D eigenvalue weighted by Crippen LogP contribution is 2.27. The fourth-order valence-electron chi connectivity index (χ4n) is 2.91. The number of nitrogens with zero attached hydrogens (tertiary/aromatic N) is 1. The number of benzene rings is 2. The average molecular weight is 396 g/mol. The Morgan fingerprint density at radius 3 is 2.41 bits per heavy atom. The highest BCUT2D eigenvalue weighted by molar-refractivity contribution is 7.80. The van der Waals surface area contributed by atoms with Gasteiger partial charge in [0.05, 0.1) is 12.6 Å². The molecule has 0 bridgehead atoms. The Kier molecular flexibility index (Phi) is 5.86. The minimum absolute atomic E-state index is 0.00809. The lowest BCUT2D eigenvalue weighted by Gasteiger charge is -2.38.